The number of rotatable bonds is 9. The fourth-order valence-corrected chi connectivity index (χ4v) is 8.36. The molecule has 11 aromatic rings. The maximum atomic E-state index is 6.84. The molecule has 0 saturated carbocycles. The molecule has 59 heavy (non-hydrogen) atoms. The molecule has 0 spiro atoms. The maximum Gasteiger partial charge on any atom is 0.159 e. The van der Waals surface area contributed by atoms with Crippen molar-refractivity contribution in [1.29, 1.82) is 0 Å². The molecule has 0 bridgehead atoms. The van der Waals surface area contributed by atoms with Crippen molar-refractivity contribution in [3.63, 3.8) is 0 Å². The van der Waals surface area contributed by atoms with Gasteiger partial charge in [0, 0.05) is 61.7 Å². The van der Waals surface area contributed by atoms with Gasteiger partial charge in [-0.15, -0.1) is 0 Å². The van der Waals surface area contributed by atoms with E-state index in [9.17, 15) is 0 Å². The monoisotopic (exact) mass is 759 g/mol. The number of para-hydroxylation sites is 7. The van der Waals surface area contributed by atoms with Crippen molar-refractivity contribution in [3.05, 3.63) is 224 Å². The summed E-state index contributed by atoms with van der Waals surface area (Å²) in [7, 11) is 0. The second-order valence-corrected chi connectivity index (χ2v) is 14.6. The van der Waals surface area contributed by atoms with Gasteiger partial charge in [0.25, 0.3) is 0 Å². The summed E-state index contributed by atoms with van der Waals surface area (Å²) in [5.41, 5.74) is 12.4. The lowest BCUT2D eigenvalue weighted by molar-refractivity contribution is 0.669. The lowest BCUT2D eigenvalue weighted by Crippen LogP contribution is -2.17. The summed E-state index contributed by atoms with van der Waals surface area (Å²) in [5.74, 6) is 0. The third-order valence-corrected chi connectivity index (χ3v) is 11.0. The van der Waals surface area contributed by atoms with Crippen LogP contribution in [0.5, 0.6) is 0 Å². The first-order valence-electron chi connectivity index (χ1n) is 19.8. The summed E-state index contributed by atoms with van der Waals surface area (Å²) in [6, 6.07) is 78.3. The van der Waals surface area contributed by atoms with Gasteiger partial charge in [-0.05, 0) is 97.1 Å². The predicted molar refractivity (Wildman–Crippen MR) is 245 cm³/mol. The van der Waals surface area contributed by atoms with Crippen molar-refractivity contribution in [2.75, 3.05) is 14.7 Å². The number of hydrogen-bond acceptors (Lipinski definition) is 5. The van der Waals surface area contributed by atoms with Gasteiger partial charge >= 0.3 is 0 Å². The Morgan fingerprint density at radius 3 is 1.20 bits per heavy atom. The fraction of sp³-hybridized carbons (Fsp3) is 0. The Morgan fingerprint density at radius 2 is 0.661 bits per heavy atom. The average molecular weight is 760 g/mol. The molecule has 0 atom stereocenters. The molecular weight excluding hydrogens is 723 g/mol. The largest absolute Gasteiger partial charge is 0.456 e. The van der Waals surface area contributed by atoms with Crippen molar-refractivity contribution >= 4 is 95.1 Å². The number of nitrogens with zero attached hydrogens (tertiary/aromatic N) is 3. The highest BCUT2D eigenvalue weighted by Crippen LogP contribution is 2.50. The molecule has 0 radical (unpaired) electrons. The van der Waals surface area contributed by atoms with Crippen molar-refractivity contribution in [1.82, 2.24) is 0 Å². The average Bonchev–Trinajstić information content (AvgIpc) is 3.87. The van der Waals surface area contributed by atoms with Crippen LogP contribution in [0.2, 0.25) is 0 Å². The molecule has 0 aliphatic carbocycles. The van der Waals surface area contributed by atoms with Crippen molar-refractivity contribution < 1.29 is 8.83 Å². The van der Waals surface area contributed by atoms with Gasteiger partial charge in [0.2, 0.25) is 0 Å². The molecule has 0 N–H and O–H groups in total. The van der Waals surface area contributed by atoms with Crippen LogP contribution in [0.25, 0.3) is 43.9 Å². The number of hydrogen-bond donors (Lipinski definition) is 0. The van der Waals surface area contributed by atoms with Gasteiger partial charge in [0.1, 0.15) is 16.7 Å². The first-order valence-corrected chi connectivity index (χ1v) is 19.8. The molecule has 2 aromatic heterocycles. The van der Waals surface area contributed by atoms with Crippen LogP contribution >= 0.6 is 0 Å². The van der Waals surface area contributed by atoms with Crippen LogP contribution in [0.3, 0.4) is 0 Å². The van der Waals surface area contributed by atoms with Crippen LogP contribution in [0.15, 0.2) is 233 Å². The Hall–Kier alpha value is -8.02. The minimum Gasteiger partial charge on any atom is -0.456 e. The van der Waals surface area contributed by atoms with Gasteiger partial charge in [-0.3, -0.25) is 0 Å². The lowest BCUT2D eigenvalue weighted by atomic mass is 10.1. The number of furan rings is 2. The Kier molecular flexibility index (Phi) is 8.41. The molecule has 280 valence electrons. The number of benzene rings is 9. The fourth-order valence-electron chi connectivity index (χ4n) is 8.36. The van der Waals surface area contributed by atoms with Crippen molar-refractivity contribution in [3.8, 4) is 0 Å². The first kappa shape index (κ1) is 34.2. The van der Waals surface area contributed by atoms with E-state index in [1.165, 1.54) is 0 Å². The smallest absolute Gasteiger partial charge is 0.159 e. The Balaban J connectivity index is 1.18. The van der Waals surface area contributed by atoms with Crippen LogP contribution < -0.4 is 14.7 Å². The molecule has 0 aliphatic rings. The van der Waals surface area contributed by atoms with Crippen LogP contribution in [0.4, 0.5) is 51.2 Å². The Labute approximate surface area is 341 Å². The van der Waals surface area contributed by atoms with Crippen molar-refractivity contribution in [2.45, 2.75) is 0 Å². The summed E-state index contributed by atoms with van der Waals surface area (Å²) >= 11 is 0. The number of fused-ring (bicyclic) bond motifs is 6. The van der Waals surface area contributed by atoms with Crippen LogP contribution in [-0.2, 0) is 0 Å². The van der Waals surface area contributed by atoms with E-state index < -0.39 is 0 Å². The van der Waals surface area contributed by atoms with Gasteiger partial charge in [-0.2, -0.15) is 0 Å². The first-order chi connectivity index (χ1) is 29.3. The molecule has 0 fully saturated rings. The normalized spacial score (nSPS) is 11.4. The number of anilines is 9. The molecular formula is C54H37N3O2. The van der Waals surface area contributed by atoms with Crippen molar-refractivity contribution in [2.24, 2.45) is 0 Å². The van der Waals surface area contributed by atoms with Gasteiger partial charge < -0.3 is 23.5 Å². The zero-order valence-electron chi connectivity index (χ0n) is 32.0. The SMILES string of the molecule is c1ccc(N(c2ccccc2)c2cc3oc4ccc(N(c5ccccc5)c5cccc6c5oc5ccccc56)cc4c3cc2N(c2ccccc2)c2ccccc2)cc1. The highest BCUT2D eigenvalue weighted by molar-refractivity contribution is 6.13. The summed E-state index contributed by atoms with van der Waals surface area (Å²) < 4.78 is 13.4. The summed E-state index contributed by atoms with van der Waals surface area (Å²) in [6.45, 7) is 0. The zero-order valence-corrected chi connectivity index (χ0v) is 32.0. The summed E-state index contributed by atoms with van der Waals surface area (Å²) in [4.78, 5) is 6.94. The quantitative estimate of drug-likeness (QED) is 0.146. The Morgan fingerprint density at radius 1 is 0.237 bits per heavy atom. The lowest BCUT2D eigenvalue weighted by Gasteiger charge is -2.33. The van der Waals surface area contributed by atoms with E-state index >= 15 is 0 Å². The van der Waals surface area contributed by atoms with Crippen LogP contribution in [-0.4, -0.2) is 0 Å². The van der Waals surface area contributed by atoms with E-state index in [0.29, 0.717) is 0 Å². The second kappa shape index (κ2) is 14.5. The Bertz CT molecular complexity index is 3140. The summed E-state index contributed by atoms with van der Waals surface area (Å²) in [6.07, 6.45) is 0. The molecule has 11 rings (SSSR count). The molecule has 2 heterocycles. The molecule has 5 heteroatoms. The van der Waals surface area contributed by atoms with Gasteiger partial charge in [0.05, 0.1) is 17.1 Å². The van der Waals surface area contributed by atoms with Gasteiger partial charge in [-0.1, -0.05) is 121 Å². The molecule has 0 saturated heterocycles. The minimum atomic E-state index is 0.791. The van der Waals surface area contributed by atoms with Crippen LogP contribution in [0.1, 0.15) is 0 Å². The third-order valence-electron chi connectivity index (χ3n) is 11.0. The summed E-state index contributed by atoms with van der Waals surface area (Å²) in [5, 5.41) is 4.19. The van der Waals surface area contributed by atoms with E-state index in [0.717, 1.165) is 95.1 Å². The van der Waals surface area contributed by atoms with Crippen LogP contribution in [0, 0.1) is 0 Å². The highest BCUT2D eigenvalue weighted by Gasteiger charge is 2.26. The predicted octanol–water partition coefficient (Wildman–Crippen LogP) is 15.9. The standard InChI is InChI=1S/C54H37N3O2/c1-6-19-38(20-7-1)55(39-21-8-2-9-22-39)49-36-47-46-35-43(57(42-27-14-5-15-28-42)48-31-18-30-45-44-29-16-17-32-51(44)59-54(45)48)33-34-52(46)58-53(47)37-50(49)56(40-23-10-3-11-24-40)41-25-12-4-13-26-41/h1-37H. The van der Waals surface area contributed by atoms with Gasteiger partial charge in [-0.25, -0.2) is 0 Å². The van der Waals surface area contributed by atoms with E-state index in [2.05, 4.69) is 227 Å². The second-order valence-electron chi connectivity index (χ2n) is 14.6. The van der Waals surface area contributed by atoms with E-state index in [1.54, 1.807) is 0 Å². The molecule has 0 aliphatic heterocycles. The van der Waals surface area contributed by atoms with Gasteiger partial charge in [0.15, 0.2) is 5.58 Å². The van der Waals surface area contributed by atoms with E-state index in [1.807, 2.05) is 12.1 Å². The van der Waals surface area contributed by atoms with E-state index in [-0.39, 0.29) is 0 Å². The maximum absolute atomic E-state index is 6.84. The molecule has 5 nitrogen and oxygen atoms in total. The molecule has 0 unspecified atom stereocenters. The zero-order chi connectivity index (χ0) is 39.1. The molecule has 0 amide bonds. The topological polar surface area (TPSA) is 36.0 Å². The minimum absolute atomic E-state index is 0.791. The third kappa shape index (κ3) is 6.04. The highest BCUT2D eigenvalue weighted by atomic mass is 16.3. The molecule has 9 aromatic carbocycles. The van der Waals surface area contributed by atoms with E-state index in [4.69, 9.17) is 8.83 Å².